The molecule has 0 aromatic heterocycles. The number of hydrazine groups is 1. The predicted octanol–water partition coefficient (Wildman–Crippen LogP) is 1.70. The van der Waals surface area contributed by atoms with Crippen molar-refractivity contribution in [2.45, 2.75) is 32.9 Å². The van der Waals surface area contributed by atoms with Gasteiger partial charge in [-0.2, -0.15) is 0 Å². The second-order valence-electron chi connectivity index (χ2n) is 4.85. The summed E-state index contributed by atoms with van der Waals surface area (Å²) in [6.45, 7) is 5.67. The van der Waals surface area contributed by atoms with E-state index in [0.29, 0.717) is 17.8 Å². The van der Waals surface area contributed by atoms with Crippen molar-refractivity contribution in [1.82, 2.24) is 5.43 Å². The molecule has 0 fully saturated rings. The van der Waals surface area contributed by atoms with E-state index < -0.39 is 11.7 Å². The maximum atomic E-state index is 11.6. The molecule has 1 amide bonds. The first-order valence-corrected chi connectivity index (χ1v) is 5.57. The molecule has 0 aliphatic carbocycles. The molecule has 0 atom stereocenters. The number of carbonyl (C=O) groups is 1. The molecule has 0 radical (unpaired) electrons. The average molecular weight is 253 g/mol. The normalized spacial score (nSPS) is 11.1. The van der Waals surface area contributed by atoms with Crippen molar-refractivity contribution in [3.8, 4) is 5.75 Å². The van der Waals surface area contributed by atoms with Crippen LogP contribution in [-0.4, -0.2) is 16.8 Å². The molecule has 0 aliphatic rings. The number of hydrogen-bond acceptors (Lipinski definition) is 5. The molecule has 6 nitrogen and oxygen atoms in total. The molecule has 6 heteroatoms. The Kier molecular flexibility index (Phi) is 4.52. The number of hydrogen-bond donors (Lipinski definition) is 4. The van der Waals surface area contributed by atoms with Crippen LogP contribution in [0.25, 0.3) is 0 Å². The number of nitrogens with one attached hydrogen (secondary N) is 2. The number of ether oxygens (including phenoxy) is 1. The maximum Gasteiger partial charge on any atom is 0.412 e. The van der Waals surface area contributed by atoms with Gasteiger partial charge in [0.25, 0.3) is 0 Å². The van der Waals surface area contributed by atoms with E-state index in [1.165, 1.54) is 12.1 Å². The van der Waals surface area contributed by atoms with Gasteiger partial charge >= 0.3 is 6.09 Å². The number of aromatic hydroxyl groups is 1. The summed E-state index contributed by atoms with van der Waals surface area (Å²) >= 11 is 0. The number of anilines is 1. The smallest absolute Gasteiger partial charge is 0.412 e. The molecule has 1 rings (SSSR count). The summed E-state index contributed by atoms with van der Waals surface area (Å²) in [6, 6.07) is 4.59. The van der Waals surface area contributed by atoms with Crippen LogP contribution in [0.1, 0.15) is 26.3 Å². The monoisotopic (exact) mass is 253 g/mol. The van der Waals surface area contributed by atoms with Crippen molar-refractivity contribution in [1.29, 1.82) is 0 Å². The Labute approximate surface area is 106 Å². The fourth-order valence-electron chi connectivity index (χ4n) is 1.37. The largest absolute Gasteiger partial charge is 0.508 e. The van der Waals surface area contributed by atoms with Crippen molar-refractivity contribution in [2.24, 2.45) is 5.84 Å². The standard InChI is InChI=1S/C12H19N3O3/c1-12(2,3)18-11(17)15-10-5-4-9(16)6-8(10)7-14-13/h4-6,14,16H,7,13H2,1-3H3,(H,15,17). The van der Waals surface area contributed by atoms with Crippen molar-refractivity contribution in [3.63, 3.8) is 0 Å². The summed E-state index contributed by atoms with van der Waals surface area (Å²) in [7, 11) is 0. The predicted molar refractivity (Wildman–Crippen MR) is 69.0 cm³/mol. The van der Waals surface area contributed by atoms with Crippen molar-refractivity contribution in [3.05, 3.63) is 23.8 Å². The van der Waals surface area contributed by atoms with Gasteiger partial charge in [-0.05, 0) is 44.5 Å². The zero-order chi connectivity index (χ0) is 13.8. The quantitative estimate of drug-likeness (QED) is 0.373. The van der Waals surface area contributed by atoms with Crippen LogP contribution in [0.5, 0.6) is 5.75 Å². The van der Waals surface area contributed by atoms with Gasteiger partial charge in [-0.1, -0.05) is 0 Å². The lowest BCUT2D eigenvalue weighted by molar-refractivity contribution is 0.0635. The molecule has 0 unspecified atom stereocenters. The highest BCUT2D eigenvalue weighted by molar-refractivity contribution is 5.86. The summed E-state index contributed by atoms with van der Waals surface area (Å²) in [5, 5.41) is 12.0. The van der Waals surface area contributed by atoms with Gasteiger partial charge in [0.05, 0.1) is 0 Å². The Morgan fingerprint density at radius 1 is 1.44 bits per heavy atom. The van der Waals surface area contributed by atoms with Crippen molar-refractivity contribution >= 4 is 11.8 Å². The van der Waals surface area contributed by atoms with Gasteiger partial charge in [0.15, 0.2) is 0 Å². The average Bonchev–Trinajstić information content (AvgIpc) is 2.20. The molecular formula is C12H19N3O3. The zero-order valence-corrected chi connectivity index (χ0v) is 10.8. The lowest BCUT2D eigenvalue weighted by atomic mass is 10.1. The minimum Gasteiger partial charge on any atom is -0.508 e. The van der Waals surface area contributed by atoms with Crippen LogP contribution >= 0.6 is 0 Å². The molecule has 18 heavy (non-hydrogen) atoms. The Balaban J connectivity index is 2.80. The number of benzene rings is 1. The van der Waals surface area contributed by atoms with Gasteiger partial charge in [-0.25, -0.2) is 4.79 Å². The molecule has 0 bridgehead atoms. The van der Waals surface area contributed by atoms with Gasteiger partial charge in [0.1, 0.15) is 11.4 Å². The molecule has 0 saturated heterocycles. The number of nitrogens with two attached hydrogens (primary N) is 1. The highest BCUT2D eigenvalue weighted by Crippen LogP contribution is 2.21. The molecule has 100 valence electrons. The highest BCUT2D eigenvalue weighted by Gasteiger charge is 2.17. The van der Waals surface area contributed by atoms with Crippen LogP contribution in [0.2, 0.25) is 0 Å². The number of amides is 1. The first-order chi connectivity index (χ1) is 8.31. The van der Waals surface area contributed by atoms with Crippen LogP contribution in [0.15, 0.2) is 18.2 Å². The van der Waals surface area contributed by atoms with Crippen LogP contribution in [0.4, 0.5) is 10.5 Å². The summed E-state index contributed by atoms with van der Waals surface area (Å²) in [4.78, 5) is 11.6. The fourth-order valence-corrected chi connectivity index (χ4v) is 1.37. The van der Waals surface area contributed by atoms with Gasteiger partial charge in [0.2, 0.25) is 0 Å². The van der Waals surface area contributed by atoms with Crippen molar-refractivity contribution < 1.29 is 14.6 Å². The lowest BCUT2D eigenvalue weighted by Gasteiger charge is -2.20. The summed E-state index contributed by atoms with van der Waals surface area (Å²) in [5.74, 6) is 5.34. The van der Waals surface area contributed by atoms with E-state index >= 15 is 0 Å². The summed E-state index contributed by atoms with van der Waals surface area (Å²) in [5.41, 5.74) is 3.12. The van der Waals surface area contributed by atoms with Crippen LogP contribution in [-0.2, 0) is 11.3 Å². The van der Waals surface area contributed by atoms with E-state index in [1.54, 1.807) is 26.8 Å². The van der Waals surface area contributed by atoms with E-state index in [1.807, 2.05) is 0 Å². The highest BCUT2D eigenvalue weighted by atomic mass is 16.6. The molecule has 0 aliphatic heterocycles. The molecule has 1 aromatic rings. The second-order valence-corrected chi connectivity index (χ2v) is 4.85. The van der Waals surface area contributed by atoms with Gasteiger partial charge in [0, 0.05) is 12.2 Å². The minimum absolute atomic E-state index is 0.106. The van der Waals surface area contributed by atoms with Crippen LogP contribution in [0, 0.1) is 0 Å². The van der Waals surface area contributed by atoms with E-state index in [4.69, 9.17) is 10.6 Å². The lowest BCUT2D eigenvalue weighted by Crippen LogP contribution is -2.28. The molecule has 0 spiro atoms. The summed E-state index contributed by atoms with van der Waals surface area (Å²) in [6.07, 6.45) is -0.550. The zero-order valence-electron chi connectivity index (χ0n) is 10.8. The van der Waals surface area contributed by atoms with Crippen LogP contribution < -0.4 is 16.6 Å². The number of phenolic OH excluding ortho intramolecular Hbond substituents is 1. The molecular weight excluding hydrogens is 234 g/mol. The third-order valence-electron chi connectivity index (χ3n) is 2.02. The van der Waals surface area contributed by atoms with E-state index in [9.17, 15) is 9.90 Å². The number of rotatable bonds is 3. The SMILES string of the molecule is CC(C)(C)OC(=O)Nc1ccc(O)cc1CNN. The van der Waals surface area contributed by atoms with Crippen molar-refractivity contribution in [2.75, 3.05) is 5.32 Å². The molecule has 1 aromatic carbocycles. The molecule has 5 N–H and O–H groups in total. The third-order valence-corrected chi connectivity index (χ3v) is 2.02. The van der Waals surface area contributed by atoms with Gasteiger partial charge in [-0.15, -0.1) is 0 Å². The van der Waals surface area contributed by atoms with Gasteiger partial charge < -0.3 is 9.84 Å². The second kappa shape index (κ2) is 5.70. The number of carbonyl (C=O) groups excluding carboxylic acids is 1. The third kappa shape index (κ3) is 4.60. The fraction of sp³-hybridized carbons (Fsp3) is 0.417. The number of phenols is 1. The van der Waals surface area contributed by atoms with Gasteiger partial charge in [-0.3, -0.25) is 16.6 Å². The Morgan fingerprint density at radius 2 is 2.11 bits per heavy atom. The van der Waals surface area contributed by atoms with E-state index in [-0.39, 0.29) is 5.75 Å². The summed E-state index contributed by atoms with van der Waals surface area (Å²) < 4.78 is 5.14. The maximum absolute atomic E-state index is 11.6. The Morgan fingerprint density at radius 3 is 2.67 bits per heavy atom. The van der Waals surface area contributed by atoms with E-state index in [0.717, 1.165) is 0 Å². The minimum atomic E-state index is -0.562. The van der Waals surface area contributed by atoms with Crippen LogP contribution in [0.3, 0.4) is 0 Å². The Hall–Kier alpha value is -1.79. The first-order valence-electron chi connectivity index (χ1n) is 5.57. The first kappa shape index (κ1) is 14.3. The van der Waals surface area contributed by atoms with E-state index in [2.05, 4.69) is 10.7 Å². The topological polar surface area (TPSA) is 96.6 Å². The molecule has 0 heterocycles. The Bertz CT molecular complexity index is 427. The molecule has 0 saturated carbocycles.